The minimum Gasteiger partial charge on any atom is -0.394 e. The molecule has 1 unspecified atom stereocenters. The van der Waals surface area contributed by atoms with E-state index >= 15 is 0 Å². The Kier molecular flexibility index (Phi) is 3.64. The first-order valence-corrected chi connectivity index (χ1v) is 5.80. The van der Waals surface area contributed by atoms with Crippen LogP contribution in [-0.2, 0) is 0 Å². The van der Waals surface area contributed by atoms with Crippen molar-refractivity contribution in [2.45, 2.75) is 6.04 Å². The molecule has 1 heterocycles. The highest BCUT2D eigenvalue weighted by molar-refractivity contribution is 5.52. The van der Waals surface area contributed by atoms with Crippen LogP contribution in [0.2, 0.25) is 0 Å². The van der Waals surface area contributed by atoms with Crippen molar-refractivity contribution in [2.75, 3.05) is 25.6 Å². The maximum Gasteiger partial charge on any atom is 0.0994 e. The van der Waals surface area contributed by atoms with Crippen molar-refractivity contribution in [2.24, 2.45) is 5.73 Å². The molecule has 0 amide bonds. The Morgan fingerprint density at radius 3 is 2.89 bits per heavy atom. The normalized spacial score (nSPS) is 12.4. The van der Waals surface area contributed by atoms with E-state index in [9.17, 15) is 0 Å². The summed E-state index contributed by atoms with van der Waals surface area (Å²) >= 11 is 0. The van der Waals surface area contributed by atoms with Crippen molar-refractivity contribution in [3.63, 3.8) is 0 Å². The van der Waals surface area contributed by atoms with E-state index in [0.717, 1.165) is 17.1 Å². The molecule has 1 aromatic carbocycles. The zero-order valence-electron chi connectivity index (χ0n) is 10.6. The van der Waals surface area contributed by atoms with Gasteiger partial charge in [0.25, 0.3) is 0 Å². The number of nitrogens with two attached hydrogens (primary N) is 1. The molecule has 3 N–H and O–H groups in total. The summed E-state index contributed by atoms with van der Waals surface area (Å²) in [4.78, 5) is 6.13. The molecule has 5 nitrogen and oxygen atoms in total. The number of imidazole rings is 1. The molecule has 18 heavy (non-hydrogen) atoms. The zero-order chi connectivity index (χ0) is 13.1. The van der Waals surface area contributed by atoms with E-state index in [2.05, 4.69) is 11.1 Å². The van der Waals surface area contributed by atoms with Crippen LogP contribution < -0.4 is 10.6 Å². The standard InChI is InChI=1S/C13H18N4O/c1-16(2)10-4-3-5-11(6-10)17-9-15-7-13(17)12(14)8-18/h3-7,9,12,18H,8,14H2,1-2H3. The molecule has 0 spiro atoms. The third-order valence-electron chi connectivity index (χ3n) is 2.87. The molecular formula is C13H18N4O. The number of hydrogen-bond acceptors (Lipinski definition) is 4. The van der Waals surface area contributed by atoms with E-state index in [0.29, 0.717) is 0 Å². The van der Waals surface area contributed by atoms with Crippen molar-refractivity contribution >= 4 is 5.69 Å². The smallest absolute Gasteiger partial charge is 0.0994 e. The molecule has 96 valence electrons. The first-order valence-electron chi connectivity index (χ1n) is 5.80. The molecule has 0 saturated heterocycles. The Hall–Kier alpha value is -1.85. The lowest BCUT2D eigenvalue weighted by Crippen LogP contribution is -2.18. The van der Waals surface area contributed by atoms with Crippen LogP contribution in [0.15, 0.2) is 36.8 Å². The predicted molar refractivity (Wildman–Crippen MR) is 71.9 cm³/mol. The first-order chi connectivity index (χ1) is 8.63. The number of benzene rings is 1. The van der Waals surface area contributed by atoms with Crippen molar-refractivity contribution < 1.29 is 5.11 Å². The van der Waals surface area contributed by atoms with Crippen molar-refractivity contribution in [3.05, 3.63) is 42.5 Å². The molecule has 1 atom stereocenters. The molecule has 0 aliphatic carbocycles. The molecular weight excluding hydrogens is 228 g/mol. The monoisotopic (exact) mass is 246 g/mol. The summed E-state index contributed by atoms with van der Waals surface area (Å²) in [5.74, 6) is 0. The molecule has 0 bridgehead atoms. The topological polar surface area (TPSA) is 67.3 Å². The van der Waals surface area contributed by atoms with Crippen LogP contribution in [0.25, 0.3) is 5.69 Å². The van der Waals surface area contributed by atoms with Crippen LogP contribution in [0.5, 0.6) is 0 Å². The Labute approximate surface area is 106 Å². The number of anilines is 1. The fourth-order valence-electron chi connectivity index (χ4n) is 1.81. The van der Waals surface area contributed by atoms with Gasteiger partial charge in [0, 0.05) is 25.5 Å². The van der Waals surface area contributed by atoms with Gasteiger partial charge in [-0.3, -0.25) is 0 Å². The van der Waals surface area contributed by atoms with Crippen molar-refractivity contribution in [3.8, 4) is 5.69 Å². The summed E-state index contributed by atoms with van der Waals surface area (Å²) in [6, 6.07) is 7.64. The van der Waals surface area contributed by atoms with Gasteiger partial charge < -0.3 is 20.3 Å². The van der Waals surface area contributed by atoms with Crippen LogP contribution in [-0.4, -0.2) is 35.4 Å². The molecule has 0 aliphatic heterocycles. The number of nitrogens with zero attached hydrogens (tertiary/aromatic N) is 3. The van der Waals surface area contributed by atoms with E-state index in [1.165, 1.54) is 0 Å². The lowest BCUT2D eigenvalue weighted by atomic mass is 10.2. The fourth-order valence-corrected chi connectivity index (χ4v) is 1.81. The lowest BCUT2D eigenvalue weighted by molar-refractivity contribution is 0.265. The number of aliphatic hydroxyl groups is 1. The average Bonchev–Trinajstić information content (AvgIpc) is 2.87. The van der Waals surface area contributed by atoms with E-state index in [-0.39, 0.29) is 6.61 Å². The predicted octanol–water partition coefficient (Wildman–Crippen LogP) is 0.930. The van der Waals surface area contributed by atoms with Crippen LogP contribution in [0, 0.1) is 0 Å². The van der Waals surface area contributed by atoms with Gasteiger partial charge >= 0.3 is 0 Å². The van der Waals surface area contributed by atoms with Crippen LogP contribution in [0.3, 0.4) is 0 Å². The SMILES string of the molecule is CN(C)c1cccc(-n2cncc2C(N)CO)c1. The Balaban J connectivity index is 2.43. The third-order valence-corrected chi connectivity index (χ3v) is 2.87. The maximum atomic E-state index is 9.15. The Morgan fingerprint density at radius 2 is 2.22 bits per heavy atom. The van der Waals surface area contributed by atoms with Crippen molar-refractivity contribution in [1.29, 1.82) is 0 Å². The number of aliphatic hydroxyl groups excluding tert-OH is 1. The van der Waals surface area contributed by atoms with Gasteiger partial charge in [-0.05, 0) is 18.2 Å². The molecule has 5 heteroatoms. The quantitative estimate of drug-likeness (QED) is 0.842. The number of rotatable bonds is 4. The lowest BCUT2D eigenvalue weighted by Gasteiger charge is -2.16. The van der Waals surface area contributed by atoms with E-state index < -0.39 is 6.04 Å². The summed E-state index contributed by atoms with van der Waals surface area (Å²) in [5.41, 5.74) is 8.74. The highest BCUT2D eigenvalue weighted by Crippen LogP contribution is 2.20. The largest absolute Gasteiger partial charge is 0.394 e. The highest BCUT2D eigenvalue weighted by atomic mass is 16.3. The van der Waals surface area contributed by atoms with Gasteiger partial charge in [-0.25, -0.2) is 4.98 Å². The molecule has 0 fully saturated rings. The van der Waals surface area contributed by atoms with Gasteiger partial charge in [0.15, 0.2) is 0 Å². The van der Waals surface area contributed by atoms with Gasteiger partial charge in [-0.15, -0.1) is 0 Å². The average molecular weight is 246 g/mol. The molecule has 1 aromatic heterocycles. The van der Waals surface area contributed by atoms with Gasteiger partial charge in [0.2, 0.25) is 0 Å². The number of aromatic nitrogens is 2. The third kappa shape index (κ3) is 2.37. The Morgan fingerprint density at radius 1 is 1.44 bits per heavy atom. The summed E-state index contributed by atoms with van der Waals surface area (Å²) in [6.45, 7) is -0.0982. The molecule has 0 saturated carbocycles. The second-order valence-corrected chi connectivity index (χ2v) is 4.39. The van der Waals surface area contributed by atoms with Gasteiger partial charge in [0.1, 0.15) is 0 Å². The fraction of sp³-hybridized carbons (Fsp3) is 0.308. The van der Waals surface area contributed by atoms with E-state index in [1.807, 2.05) is 41.8 Å². The van der Waals surface area contributed by atoms with Gasteiger partial charge in [-0.2, -0.15) is 0 Å². The second-order valence-electron chi connectivity index (χ2n) is 4.39. The summed E-state index contributed by atoms with van der Waals surface area (Å²) in [5, 5.41) is 9.15. The van der Waals surface area contributed by atoms with E-state index in [1.54, 1.807) is 12.5 Å². The maximum absolute atomic E-state index is 9.15. The minimum absolute atomic E-state index is 0.0982. The van der Waals surface area contributed by atoms with Gasteiger partial charge in [-0.1, -0.05) is 6.07 Å². The van der Waals surface area contributed by atoms with Crippen LogP contribution >= 0.6 is 0 Å². The number of hydrogen-bond donors (Lipinski definition) is 2. The summed E-state index contributed by atoms with van der Waals surface area (Å²) in [7, 11) is 3.99. The van der Waals surface area contributed by atoms with Crippen LogP contribution in [0.4, 0.5) is 5.69 Å². The molecule has 2 rings (SSSR count). The zero-order valence-corrected chi connectivity index (χ0v) is 10.6. The second kappa shape index (κ2) is 5.20. The summed E-state index contributed by atoms with van der Waals surface area (Å²) in [6.07, 6.45) is 3.39. The minimum atomic E-state index is -0.421. The van der Waals surface area contributed by atoms with E-state index in [4.69, 9.17) is 10.8 Å². The highest BCUT2D eigenvalue weighted by Gasteiger charge is 2.12. The first kappa shape index (κ1) is 12.6. The Bertz CT molecular complexity index is 521. The molecule has 0 radical (unpaired) electrons. The summed E-state index contributed by atoms with van der Waals surface area (Å²) < 4.78 is 1.90. The molecule has 0 aliphatic rings. The molecule has 2 aromatic rings. The van der Waals surface area contributed by atoms with Gasteiger partial charge in [0.05, 0.1) is 30.9 Å². The van der Waals surface area contributed by atoms with Crippen LogP contribution in [0.1, 0.15) is 11.7 Å². The van der Waals surface area contributed by atoms with Crippen molar-refractivity contribution in [1.82, 2.24) is 9.55 Å².